The maximum atomic E-state index is 12.5. The molecule has 5 nitrogen and oxygen atoms in total. The summed E-state index contributed by atoms with van der Waals surface area (Å²) in [6.45, 7) is 2.65. The van der Waals surface area contributed by atoms with Gasteiger partial charge in [-0.2, -0.15) is 0 Å². The first-order valence-electron chi connectivity index (χ1n) is 8.27. The van der Waals surface area contributed by atoms with Gasteiger partial charge in [-0.05, 0) is 24.1 Å². The molecule has 2 aliphatic rings. The van der Waals surface area contributed by atoms with Crippen LogP contribution in [0.4, 0.5) is 0 Å². The number of oxazole rings is 1. The SMILES string of the molecule is O=C(Cc1ccc(Cl)cc1)N1CCc2oc(C3CCOC3)nc2C1. The Labute approximate surface area is 145 Å². The quantitative estimate of drug-likeness (QED) is 0.857. The fourth-order valence-electron chi connectivity index (χ4n) is 3.22. The Bertz CT molecular complexity index is 735. The first kappa shape index (κ1) is 15.7. The second-order valence-corrected chi connectivity index (χ2v) is 6.79. The molecule has 24 heavy (non-hydrogen) atoms. The van der Waals surface area contributed by atoms with E-state index in [1.54, 1.807) is 0 Å². The summed E-state index contributed by atoms with van der Waals surface area (Å²) in [6, 6.07) is 7.41. The second kappa shape index (κ2) is 6.57. The number of carbonyl (C=O) groups is 1. The van der Waals surface area contributed by atoms with Crippen molar-refractivity contribution in [1.82, 2.24) is 9.88 Å². The maximum absolute atomic E-state index is 12.5. The van der Waals surface area contributed by atoms with Gasteiger partial charge in [0.1, 0.15) is 11.5 Å². The summed E-state index contributed by atoms with van der Waals surface area (Å²) in [7, 11) is 0. The van der Waals surface area contributed by atoms with Gasteiger partial charge in [0, 0.05) is 24.6 Å². The summed E-state index contributed by atoms with van der Waals surface area (Å²) in [4.78, 5) is 19.0. The number of ether oxygens (including phenoxy) is 1. The van der Waals surface area contributed by atoms with E-state index in [4.69, 9.17) is 20.8 Å². The Morgan fingerprint density at radius 3 is 2.92 bits per heavy atom. The van der Waals surface area contributed by atoms with Crippen molar-refractivity contribution in [2.75, 3.05) is 19.8 Å². The topological polar surface area (TPSA) is 55.6 Å². The Kier molecular flexibility index (Phi) is 4.29. The monoisotopic (exact) mass is 346 g/mol. The van der Waals surface area contributed by atoms with Crippen LogP contribution < -0.4 is 0 Å². The van der Waals surface area contributed by atoms with Gasteiger partial charge < -0.3 is 14.1 Å². The van der Waals surface area contributed by atoms with Crippen molar-refractivity contribution in [3.63, 3.8) is 0 Å². The maximum Gasteiger partial charge on any atom is 0.227 e. The van der Waals surface area contributed by atoms with Crippen molar-refractivity contribution < 1.29 is 13.9 Å². The van der Waals surface area contributed by atoms with Crippen molar-refractivity contribution >= 4 is 17.5 Å². The third-order valence-corrected chi connectivity index (χ3v) is 4.90. The smallest absolute Gasteiger partial charge is 0.227 e. The minimum absolute atomic E-state index is 0.108. The summed E-state index contributed by atoms with van der Waals surface area (Å²) in [5.74, 6) is 2.06. The summed E-state index contributed by atoms with van der Waals surface area (Å²) < 4.78 is 11.3. The van der Waals surface area contributed by atoms with Gasteiger partial charge in [-0.1, -0.05) is 23.7 Å². The molecule has 6 heteroatoms. The van der Waals surface area contributed by atoms with Gasteiger partial charge in [-0.15, -0.1) is 0 Å². The lowest BCUT2D eigenvalue weighted by molar-refractivity contribution is -0.131. The van der Waals surface area contributed by atoms with Crippen LogP contribution in [0.25, 0.3) is 0 Å². The predicted molar refractivity (Wildman–Crippen MR) is 89.0 cm³/mol. The molecule has 0 saturated carbocycles. The summed E-state index contributed by atoms with van der Waals surface area (Å²) >= 11 is 5.89. The number of nitrogens with zero attached hydrogens (tertiary/aromatic N) is 2. The summed E-state index contributed by atoms with van der Waals surface area (Å²) in [5.41, 5.74) is 1.87. The average molecular weight is 347 g/mol. The van der Waals surface area contributed by atoms with Crippen LogP contribution in [-0.2, 0) is 28.9 Å². The molecule has 1 saturated heterocycles. The second-order valence-electron chi connectivity index (χ2n) is 6.35. The van der Waals surface area contributed by atoms with Crippen molar-refractivity contribution in [1.29, 1.82) is 0 Å². The highest BCUT2D eigenvalue weighted by molar-refractivity contribution is 6.30. The highest BCUT2D eigenvalue weighted by Crippen LogP contribution is 2.29. The van der Waals surface area contributed by atoms with Gasteiger partial charge in [0.15, 0.2) is 5.89 Å². The molecule has 1 unspecified atom stereocenters. The van der Waals surface area contributed by atoms with Gasteiger partial charge in [-0.3, -0.25) is 4.79 Å². The van der Waals surface area contributed by atoms with Crippen LogP contribution in [0.1, 0.15) is 35.2 Å². The number of rotatable bonds is 3. The van der Waals surface area contributed by atoms with E-state index >= 15 is 0 Å². The van der Waals surface area contributed by atoms with Crippen LogP contribution in [0.5, 0.6) is 0 Å². The van der Waals surface area contributed by atoms with Gasteiger partial charge in [0.05, 0.1) is 25.5 Å². The standard InChI is InChI=1S/C18H19ClN2O3/c19-14-3-1-12(2-4-14)9-17(22)21-7-5-16-15(10-21)20-18(24-16)13-6-8-23-11-13/h1-4,13H,5-11H2. The molecule has 126 valence electrons. The Morgan fingerprint density at radius 1 is 1.33 bits per heavy atom. The van der Waals surface area contributed by atoms with Crippen LogP contribution in [0.15, 0.2) is 28.7 Å². The first-order chi connectivity index (χ1) is 11.7. The largest absolute Gasteiger partial charge is 0.445 e. The average Bonchev–Trinajstić information content (AvgIpc) is 3.25. The fourth-order valence-corrected chi connectivity index (χ4v) is 3.35. The van der Waals surface area contributed by atoms with E-state index in [2.05, 4.69) is 4.98 Å². The molecule has 4 rings (SSSR count). The van der Waals surface area contributed by atoms with E-state index < -0.39 is 0 Å². The normalized spacial score (nSPS) is 20.2. The van der Waals surface area contributed by atoms with Crippen molar-refractivity contribution in [3.8, 4) is 0 Å². The van der Waals surface area contributed by atoms with E-state index in [1.165, 1.54) is 0 Å². The molecule has 2 aliphatic heterocycles. The molecule has 0 spiro atoms. The predicted octanol–water partition coefficient (Wildman–Crippen LogP) is 2.96. The first-order valence-corrected chi connectivity index (χ1v) is 8.65. The van der Waals surface area contributed by atoms with Crippen LogP contribution in [0, 0.1) is 0 Å². The van der Waals surface area contributed by atoms with E-state index in [-0.39, 0.29) is 11.8 Å². The zero-order valence-electron chi connectivity index (χ0n) is 13.3. The van der Waals surface area contributed by atoms with Crippen LogP contribution in [-0.4, -0.2) is 35.5 Å². The zero-order chi connectivity index (χ0) is 16.5. The van der Waals surface area contributed by atoms with Crippen LogP contribution in [0.3, 0.4) is 0 Å². The van der Waals surface area contributed by atoms with Gasteiger partial charge in [-0.25, -0.2) is 4.98 Å². The van der Waals surface area contributed by atoms with E-state index in [9.17, 15) is 4.79 Å². The van der Waals surface area contributed by atoms with E-state index in [0.29, 0.717) is 31.1 Å². The summed E-state index contributed by atoms with van der Waals surface area (Å²) in [6.07, 6.45) is 2.06. The molecule has 2 aromatic rings. The number of carbonyl (C=O) groups excluding carboxylic acids is 1. The number of halogens is 1. The molecule has 1 aromatic heterocycles. The molecule has 0 radical (unpaired) electrons. The molecule has 3 heterocycles. The minimum atomic E-state index is 0.108. The third kappa shape index (κ3) is 3.19. The number of fused-ring (bicyclic) bond motifs is 1. The molecule has 0 bridgehead atoms. The molecule has 0 aliphatic carbocycles. The molecule has 1 aromatic carbocycles. The highest BCUT2D eigenvalue weighted by atomic mass is 35.5. The van der Waals surface area contributed by atoms with Crippen molar-refractivity contribution in [2.45, 2.75) is 31.7 Å². The van der Waals surface area contributed by atoms with Crippen LogP contribution >= 0.6 is 11.6 Å². The van der Waals surface area contributed by atoms with Gasteiger partial charge in [0.25, 0.3) is 0 Å². The van der Waals surface area contributed by atoms with E-state index in [0.717, 1.165) is 42.4 Å². The van der Waals surface area contributed by atoms with Crippen molar-refractivity contribution in [3.05, 3.63) is 52.2 Å². The molecular formula is C18H19ClN2O3. The molecule has 1 atom stereocenters. The number of amides is 1. The zero-order valence-corrected chi connectivity index (χ0v) is 14.1. The third-order valence-electron chi connectivity index (χ3n) is 4.64. The van der Waals surface area contributed by atoms with Crippen molar-refractivity contribution in [2.24, 2.45) is 0 Å². The Morgan fingerprint density at radius 2 is 2.17 bits per heavy atom. The minimum Gasteiger partial charge on any atom is -0.445 e. The lowest BCUT2D eigenvalue weighted by Crippen LogP contribution is -2.36. The number of hydrogen-bond donors (Lipinski definition) is 0. The number of aromatic nitrogens is 1. The van der Waals surface area contributed by atoms with Gasteiger partial charge >= 0.3 is 0 Å². The number of hydrogen-bond acceptors (Lipinski definition) is 4. The molecule has 1 fully saturated rings. The summed E-state index contributed by atoms with van der Waals surface area (Å²) in [5, 5.41) is 0.680. The molecular weight excluding hydrogens is 328 g/mol. The van der Waals surface area contributed by atoms with E-state index in [1.807, 2.05) is 29.2 Å². The fraction of sp³-hybridized carbons (Fsp3) is 0.444. The lowest BCUT2D eigenvalue weighted by atomic mass is 10.1. The van der Waals surface area contributed by atoms with Gasteiger partial charge in [0.2, 0.25) is 5.91 Å². The molecule has 1 amide bonds. The Hall–Kier alpha value is -1.85. The van der Waals surface area contributed by atoms with Crippen LogP contribution in [0.2, 0.25) is 5.02 Å². The number of benzene rings is 1. The lowest BCUT2D eigenvalue weighted by Gasteiger charge is -2.25. The highest BCUT2D eigenvalue weighted by Gasteiger charge is 2.29. The Balaban J connectivity index is 1.43. The molecule has 0 N–H and O–H groups in total.